The first-order valence-electron chi connectivity index (χ1n) is 6.67. The van der Waals surface area contributed by atoms with Crippen molar-refractivity contribution < 1.29 is 13.2 Å². The molecular formula is C15H14ClNO3S. The molecule has 110 valence electrons. The standard InChI is InChI=1S/C15H14ClNO3S/c1-10-5-7-11(8-6-10)21(19,20)17-13-3-2-4-14(18)12(13)9-15(17)16/h5-9H,2-4H2,1H3. The first kappa shape index (κ1) is 14.4. The molecule has 0 saturated carbocycles. The van der Waals surface area contributed by atoms with Crippen molar-refractivity contribution in [1.82, 2.24) is 3.97 Å². The van der Waals surface area contributed by atoms with Gasteiger partial charge in [-0.05, 0) is 38.0 Å². The van der Waals surface area contributed by atoms with Crippen LogP contribution in [0.3, 0.4) is 0 Å². The smallest absolute Gasteiger partial charge is 0.269 e. The predicted octanol–water partition coefficient (Wildman–Crippen LogP) is 3.21. The number of halogens is 1. The number of hydrogen-bond donors (Lipinski definition) is 0. The summed E-state index contributed by atoms with van der Waals surface area (Å²) in [5, 5.41) is 0.0656. The quantitative estimate of drug-likeness (QED) is 0.852. The van der Waals surface area contributed by atoms with Gasteiger partial charge in [-0.3, -0.25) is 4.79 Å². The van der Waals surface area contributed by atoms with Crippen molar-refractivity contribution in [2.24, 2.45) is 0 Å². The highest BCUT2D eigenvalue weighted by atomic mass is 35.5. The van der Waals surface area contributed by atoms with Crippen molar-refractivity contribution in [2.75, 3.05) is 0 Å². The Labute approximate surface area is 128 Å². The molecule has 1 aromatic carbocycles. The third-order valence-electron chi connectivity index (χ3n) is 3.69. The SMILES string of the molecule is Cc1ccc(S(=O)(=O)n2c(Cl)cc3c2CCCC3=O)cc1. The number of fused-ring (bicyclic) bond motifs is 1. The highest BCUT2D eigenvalue weighted by Gasteiger charge is 2.29. The lowest BCUT2D eigenvalue weighted by molar-refractivity contribution is 0.0972. The summed E-state index contributed by atoms with van der Waals surface area (Å²) in [5.74, 6) is -0.0454. The van der Waals surface area contributed by atoms with Crippen LogP contribution >= 0.6 is 11.6 Å². The van der Waals surface area contributed by atoms with E-state index in [4.69, 9.17) is 11.6 Å². The van der Waals surface area contributed by atoms with Gasteiger partial charge in [0.1, 0.15) is 5.15 Å². The lowest BCUT2D eigenvalue weighted by atomic mass is 9.97. The number of carbonyl (C=O) groups excluding carboxylic acids is 1. The van der Waals surface area contributed by atoms with E-state index in [9.17, 15) is 13.2 Å². The van der Waals surface area contributed by atoms with Gasteiger partial charge >= 0.3 is 0 Å². The molecule has 0 amide bonds. The van der Waals surface area contributed by atoms with Crippen LogP contribution in [-0.2, 0) is 16.4 Å². The van der Waals surface area contributed by atoms with E-state index >= 15 is 0 Å². The van der Waals surface area contributed by atoms with Crippen molar-refractivity contribution >= 4 is 27.4 Å². The van der Waals surface area contributed by atoms with E-state index in [2.05, 4.69) is 0 Å². The highest BCUT2D eigenvalue weighted by molar-refractivity contribution is 7.90. The van der Waals surface area contributed by atoms with Gasteiger partial charge in [0.25, 0.3) is 10.0 Å². The molecule has 1 aliphatic rings. The highest BCUT2D eigenvalue weighted by Crippen LogP contribution is 2.31. The van der Waals surface area contributed by atoms with Crippen LogP contribution < -0.4 is 0 Å². The molecule has 21 heavy (non-hydrogen) atoms. The second kappa shape index (κ2) is 5.00. The number of nitrogens with zero attached hydrogens (tertiary/aromatic N) is 1. The minimum Gasteiger partial charge on any atom is -0.294 e. The third kappa shape index (κ3) is 2.30. The fraction of sp³-hybridized carbons (Fsp3) is 0.267. The Hall–Kier alpha value is -1.59. The lowest BCUT2D eigenvalue weighted by Gasteiger charge is -2.15. The van der Waals surface area contributed by atoms with Gasteiger partial charge in [-0.25, -0.2) is 12.4 Å². The van der Waals surface area contributed by atoms with Crippen LogP contribution in [0.5, 0.6) is 0 Å². The summed E-state index contributed by atoms with van der Waals surface area (Å²) in [6, 6.07) is 8.05. The van der Waals surface area contributed by atoms with Crippen LogP contribution in [-0.4, -0.2) is 18.2 Å². The Balaban J connectivity index is 2.20. The van der Waals surface area contributed by atoms with E-state index in [1.807, 2.05) is 6.92 Å². The van der Waals surface area contributed by atoms with E-state index in [-0.39, 0.29) is 15.8 Å². The fourth-order valence-electron chi connectivity index (χ4n) is 2.60. The van der Waals surface area contributed by atoms with Gasteiger partial charge in [0.2, 0.25) is 0 Å². The van der Waals surface area contributed by atoms with Crippen LogP contribution in [0.25, 0.3) is 0 Å². The summed E-state index contributed by atoms with van der Waals surface area (Å²) in [4.78, 5) is 12.1. The molecule has 0 N–H and O–H groups in total. The first-order chi connectivity index (χ1) is 9.91. The number of aromatic nitrogens is 1. The molecule has 0 aliphatic heterocycles. The minimum absolute atomic E-state index is 0.0454. The van der Waals surface area contributed by atoms with Crippen molar-refractivity contribution in [1.29, 1.82) is 0 Å². The van der Waals surface area contributed by atoms with Gasteiger partial charge in [-0.2, -0.15) is 0 Å². The molecular weight excluding hydrogens is 310 g/mol. The molecule has 0 bridgehead atoms. The summed E-state index contributed by atoms with van der Waals surface area (Å²) in [6.45, 7) is 1.89. The molecule has 0 fully saturated rings. The number of hydrogen-bond acceptors (Lipinski definition) is 3. The lowest BCUT2D eigenvalue weighted by Crippen LogP contribution is -2.19. The van der Waals surface area contributed by atoms with Crippen molar-refractivity contribution in [2.45, 2.75) is 31.1 Å². The van der Waals surface area contributed by atoms with Gasteiger partial charge in [-0.1, -0.05) is 29.3 Å². The average molecular weight is 324 g/mol. The van der Waals surface area contributed by atoms with Crippen molar-refractivity contribution in [3.05, 3.63) is 52.3 Å². The van der Waals surface area contributed by atoms with Crippen LogP contribution in [0, 0.1) is 6.92 Å². The van der Waals surface area contributed by atoms with E-state index in [1.165, 1.54) is 6.07 Å². The summed E-state index contributed by atoms with van der Waals surface area (Å²) in [6.07, 6.45) is 1.63. The maximum Gasteiger partial charge on any atom is 0.269 e. The summed E-state index contributed by atoms with van der Waals surface area (Å²) in [5.41, 5.74) is 1.91. The zero-order valence-corrected chi connectivity index (χ0v) is 13.0. The maximum atomic E-state index is 12.8. The van der Waals surface area contributed by atoms with Crippen molar-refractivity contribution in [3.63, 3.8) is 0 Å². The molecule has 2 aromatic rings. The van der Waals surface area contributed by atoms with Gasteiger partial charge in [0, 0.05) is 17.7 Å². The van der Waals surface area contributed by atoms with Crippen molar-refractivity contribution in [3.8, 4) is 0 Å². The Morgan fingerprint density at radius 3 is 2.48 bits per heavy atom. The van der Waals surface area contributed by atoms with Gasteiger partial charge in [-0.15, -0.1) is 0 Å². The number of ketones is 1. The molecule has 1 aromatic heterocycles. The first-order valence-corrected chi connectivity index (χ1v) is 8.48. The number of Topliss-reactive ketones (excluding diaryl/α,β-unsaturated/α-hetero) is 1. The molecule has 1 heterocycles. The van der Waals surface area contributed by atoms with E-state index in [0.29, 0.717) is 30.5 Å². The van der Waals surface area contributed by atoms with E-state index < -0.39 is 10.0 Å². The molecule has 0 spiro atoms. The van der Waals surface area contributed by atoms with E-state index in [1.54, 1.807) is 24.3 Å². The van der Waals surface area contributed by atoms with Crippen LogP contribution in [0.1, 0.15) is 34.5 Å². The number of aryl methyl sites for hydroxylation is 1. The maximum absolute atomic E-state index is 12.8. The topological polar surface area (TPSA) is 56.1 Å². The molecule has 0 unspecified atom stereocenters. The summed E-state index contributed by atoms with van der Waals surface area (Å²) in [7, 11) is -3.78. The van der Waals surface area contributed by atoms with Gasteiger partial charge < -0.3 is 0 Å². The fourth-order valence-corrected chi connectivity index (χ4v) is 4.54. The van der Waals surface area contributed by atoms with Crippen LogP contribution in [0.4, 0.5) is 0 Å². The molecule has 6 heteroatoms. The summed E-state index contributed by atoms with van der Waals surface area (Å²) >= 11 is 6.10. The number of carbonyl (C=O) groups is 1. The second-order valence-electron chi connectivity index (χ2n) is 5.19. The van der Waals surface area contributed by atoms with Crippen LogP contribution in [0.15, 0.2) is 35.2 Å². The number of benzene rings is 1. The predicted molar refractivity (Wildman–Crippen MR) is 80.5 cm³/mol. The monoisotopic (exact) mass is 323 g/mol. The molecule has 0 saturated heterocycles. The van der Waals surface area contributed by atoms with Gasteiger partial charge in [0.05, 0.1) is 4.90 Å². The molecule has 1 aliphatic carbocycles. The average Bonchev–Trinajstić information content (AvgIpc) is 2.77. The molecule has 0 atom stereocenters. The van der Waals surface area contributed by atoms with Crippen LogP contribution in [0.2, 0.25) is 5.15 Å². The third-order valence-corrected chi connectivity index (χ3v) is 5.83. The number of rotatable bonds is 2. The second-order valence-corrected chi connectivity index (χ2v) is 7.36. The minimum atomic E-state index is -3.78. The summed E-state index contributed by atoms with van der Waals surface area (Å²) < 4.78 is 26.6. The Bertz CT molecular complexity index is 819. The Morgan fingerprint density at radius 1 is 1.14 bits per heavy atom. The zero-order valence-electron chi connectivity index (χ0n) is 11.5. The molecule has 0 radical (unpaired) electrons. The largest absolute Gasteiger partial charge is 0.294 e. The Kier molecular flexibility index (Phi) is 3.42. The molecule has 3 rings (SSSR count). The zero-order chi connectivity index (χ0) is 15.2. The van der Waals surface area contributed by atoms with E-state index in [0.717, 1.165) is 9.54 Å². The molecule has 4 nitrogen and oxygen atoms in total. The Morgan fingerprint density at radius 2 is 1.81 bits per heavy atom. The normalized spacial score (nSPS) is 15.0. The van der Waals surface area contributed by atoms with Gasteiger partial charge in [0.15, 0.2) is 5.78 Å².